The van der Waals surface area contributed by atoms with Gasteiger partial charge < -0.3 is 9.30 Å². The van der Waals surface area contributed by atoms with Crippen molar-refractivity contribution in [1.82, 2.24) is 19.2 Å². The van der Waals surface area contributed by atoms with Gasteiger partial charge in [-0.1, -0.05) is 29.8 Å². The number of hydrogen-bond donors (Lipinski definition) is 1. The number of fused-ring (bicyclic) bond motifs is 1. The van der Waals surface area contributed by atoms with Crippen LogP contribution in [0, 0.1) is 5.82 Å². The van der Waals surface area contributed by atoms with Gasteiger partial charge in [-0.2, -0.15) is 0 Å². The van der Waals surface area contributed by atoms with Crippen molar-refractivity contribution in [2.75, 3.05) is 20.8 Å². The van der Waals surface area contributed by atoms with E-state index in [0.717, 1.165) is 5.56 Å². The topological polar surface area (TPSA) is 72.3 Å². The summed E-state index contributed by atoms with van der Waals surface area (Å²) in [7, 11) is 3.42. The molecule has 4 rings (SSSR count). The lowest BCUT2D eigenvalue weighted by Crippen LogP contribution is -2.30. The molecule has 9 heteroatoms. The number of nitrogens with zero attached hydrogens (tertiary/aromatic N) is 3. The van der Waals surface area contributed by atoms with E-state index in [1.54, 1.807) is 42.0 Å². The predicted octanol–water partition coefficient (Wildman–Crippen LogP) is 3.55. The summed E-state index contributed by atoms with van der Waals surface area (Å²) in [6, 6.07) is 14.7. The van der Waals surface area contributed by atoms with E-state index >= 15 is 0 Å². The minimum atomic E-state index is -0.310. The molecule has 2 aromatic carbocycles. The van der Waals surface area contributed by atoms with Crippen molar-refractivity contribution in [3.8, 4) is 5.69 Å². The van der Waals surface area contributed by atoms with Crippen LogP contribution in [0.1, 0.15) is 11.3 Å². The second kappa shape index (κ2) is 9.74. The summed E-state index contributed by atoms with van der Waals surface area (Å²) in [4.78, 5) is 28.3. The van der Waals surface area contributed by atoms with Crippen LogP contribution in [0.4, 0.5) is 4.39 Å². The van der Waals surface area contributed by atoms with Gasteiger partial charge in [0.15, 0.2) is 0 Å². The average molecular weight is 471 g/mol. The highest BCUT2D eigenvalue weighted by molar-refractivity contribution is 6.30. The molecule has 0 aliphatic heterocycles. The van der Waals surface area contributed by atoms with E-state index in [4.69, 9.17) is 16.3 Å². The fourth-order valence-electron chi connectivity index (χ4n) is 3.95. The lowest BCUT2D eigenvalue weighted by molar-refractivity contribution is 0.184. The molecule has 2 aromatic heterocycles. The van der Waals surface area contributed by atoms with Gasteiger partial charge in [-0.25, -0.2) is 9.07 Å². The summed E-state index contributed by atoms with van der Waals surface area (Å²) in [5.74, 6) is -0.310. The van der Waals surface area contributed by atoms with Crippen molar-refractivity contribution in [2.24, 2.45) is 0 Å². The molecule has 0 fully saturated rings. The number of pyridine rings is 1. The van der Waals surface area contributed by atoms with Gasteiger partial charge in [-0.05, 0) is 42.9 Å². The summed E-state index contributed by atoms with van der Waals surface area (Å²) < 4.78 is 21.7. The minimum Gasteiger partial charge on any atom is -0.383 e. The van der Waals surface area contributed by atoms with Crippen LogP contribution in [0.3, 0.4) is 0 Å². The van der Waals surface area contributed by atoms with E-state index in [-0.39, 0.29) is 16.9 Å². The largest absolute Gasteiger partial charge is 0.383 e. The second-order valence-electron chi connectivity index (χ2n) is 7.90. The fraction of sp³-hybridized carbons (Fsp3) is 0.250. The first kappa shape index (κ1) is 23.0. The van der Waals surface area contributed by atoms with Crippen LogP contribution in [-0.2, 0) is 24.4 Å². The van der Waals surface area contributed by atoms with Gasteiger partial charge in [0.05, 0.1) is 28.9 Å². The van der Waals surface area contributed by atoms with Crippen molar-refractivity contribution in [3.05, 3.63) is 97.4 Å². The van der Waals surface area contributed by atoms with Gasteiger partial charge in [0.25, 0.3) is 11.1 Å². The van der Waals surface area contributed by atoms with Gasteiger partial charge in [-0.15, -0.1) is 0 Å². The molecule has 0 bridgehead atoms. The second-order valence-corrected chi connectivity index (χ2v) is 8.33. The maximum absolute atomic E-state index is 13.6. The zero-order valence-corrected chi connectivity index (χ0v) is 19.1. The first-order valence-electron chi connectivity index (χ1n) is 10.4. The Morgan fingerprint density at radius 3 is 2.61 bits per heavy atom. The van der Waals surface area contributed by atoms with Crippen LogP contribution in [0.5, 0.6) is 0 Å². The number of halogens is 2. The van der Waals surface area contributed by atoms with Crippen LogP contribution in [0.25, 0.3) is 16.6 Å². The quantitative estimate of drug-likeness (QED) is 0.427. The smallest absolute Gasteiger partial charge is 0.280 e. The molecular formula is C24H24ClFN4O3. The fourth-order valence-corrected chi connectivity index (χ4v) is 4.14. The molecule has 172 valence electrons. The number of benzene rings is 2. The summed E-state index contributed by atoms with van der Waals surface area (Å²) in [6.07, 6.45) is 0. The monoisotopic (exact) mass is 470 g/mol. The average Bonchev–Trinajstić information content (AvgIpc) is 3.09. The van der Waals surface area contributed by atoms with Crippen LogP contribution in [0.2, 0.25) is 5.02 Å². The minimum absolute atomic E-state index is 0.242. The molecule has 0 aliphatic carbocycles. The van der Waals surface area contributed by atoms with Gasteiger partial charge >= 0.3 is 0 Å². The zero-order chi connectivity index (χ0) is 23.5. The van der Waals surface area contributed by atoms with E-state index in [0.29, 0.717) is 53.5 Å². The van der Waals surface area contributed by atoms with E-state index < -0.39 is 0 Å². The number of nitrogens with one attached hydrogen (secondary N) is 1. The predicted molar refractivity (Wildman–Crippen MR) is 127 cm³/mol. The van der Waals surface area contributed by atoms with Crippen molar-refractivity contribution < 1.29 is 9.13 Å². The first-order chi connectivity index (χ1) is 15.9. The van der Waals surface area contributed by atoms with E-state index in [1.165, 1.54) is 22.9 Å². The highest BCUT2D eigenvalue weighted by atomic mass is 35.5. The third-order valence-corrected chi connectivity index (χ3v) is 5.65. The molecule has 4 aromatic rings. The van der Waals surface area contributed by atoms with Gasteiger partial charge in [0.2, 0.25) is 0 Å². The number of H-pyrrole nitrogens is 1. The molecule has 0 radical (unpaired) electrons. The molecule has 33 heavy (non-hydrogen) atoms. The lowest BCUT2D eigenvalue weighted by Gasteiger charge is -2.20. The normalized spacial score (nSPS) is 11.5. The van der Waals surface area contributed by atoms with Gasteiger partial charge in [0.1, 0.15) is 5.82 Å². The summed E-state index contributed by atoms with van der Waals surface area (Å²) in [5, 5.41) is 3.94. The molecular weight excluding hydrogens is 447 g/mol. The van der Waals surface area contributed by atoms with E-state index in [1.807, 2.05) is 18.0 Å². The highest BCUT2D eigenvalue weighted by Crippen LogP contribution is 2.19. The molecule has 0 saturated heterocycles. The molecule has 0 spiro atoms. The molecule has 0 atom stereocenters. The lowest BCUT2D eigenvalue weighted by atomic mass is 10.2. The van der Waals surface area contributed by atoms with Crippen LogP contribution in [0.15, 0.2) is 64.2 Å². The maximum atomic E-state index is 13.6. The summed E-state index contributed by atoms with van der Waals surface area (Å²) in [5.41, 5.74) is 1.84. The molecule has 0 amide bonds. The number of aromatic amines is 1. The van der Waals surface area contributed by atoms with Crippen LogP contribution < -0.4 is 11.1 Å². The van der Waals surface area contributed by atoms with Crippen molar-refractivity contribution in [2.45, 2.75) is 19.6 Å². The third kappa shape index (κ3) is 4.93. The Labute approximate surface area is 194 Å². The van der Waals surface area contributed by atoms with Crippen LogP contribution in [-0.4, -0.2) is 40.0 Å². The highest BCUT2D eigenvalue weighted by Gasteiger charge is 2.19. The molecule has 7 nitrogen and oxygen atoms in total. The number of aromatic nitrogens is 3. The Morgan fingerprint density at radius 2 is 1.88 bits per heavy atom. The molecule has 2 heterocycles. The summed E-state index contributed by atoms with van der Waals surface area (Å²) >= 11 is 6.11. The Balaban J connectivity index is 1.82. The number of rotatable bonds is 8. The van der Waals surface area contributed by atoms with Crippen LogP contribution >= 0.6 is 11.6 Å². The summed E-state index contributed by atoms with van der Waals surface area (Å²) in [6.45, 7) is 1.37. The number of hydrogen-bond acceptors (Lipinski definition) is 4. The van der Waals surface area contributed by atoms with Gasteiger partial charge in [0, 0.05) is 37.8 Å². The SMILES string of the molecule is COCCn1c(CN(C)Cc2cccc(F)c2)c2c(=O)n(-c3cccc(Cl)c3)[nH]c2cc1=O. The Hall–Kier alpha value is -3.20. The van der Waals surface area contributed by atoms with Crippen molar-refractivity contribution in [3.63, 3.8) is 0 Å². The number of ether oxygens (including phenoxy) is 1. The molecule has 0 unspecified atom stereocenters. The zero-order valence-electron chi connectivity index (χ0n) is 18.3. The van der Waals surface area contributed by atoms with E-state index in [9.17, 15) is 14.0 Å². The van der Waals surface area contributed by atoms with E-state index in [2.05, 4.69) is 5.10 Å². The first-order valence-corrected chi connectivity index (χ1v) is 10.8. The Bertz CT molecular complexity index is 1410. The Morgan fingerprint density at radius 1 is 1.09 bits per heavy atom. The third-order valence-electron chi connectivity index (χ3n) is 5.41. The molecule has 1 N–H and O–H groups in total. The molecule has 0 aliphatic rings. The van der Waals surface area contributed by atoms with Crippen molar-refractivity contribution >= 4 is 22.5 Å². The Kier molecular flexibility index (Phi) is 6.78. The molecule has 0 saturated carbocycles. The number of methoxy groups -OCH3 is 1. The maximum Gasteiger partial charge on any atom is 0.280 e. The standard InChI is InChI=1S/C24H24ClFN4O3/c1-28(14-16-5-3-7-18(26)11-16)15-21-23-20(13-22(31)29(21)9-10-33-2)27-30(24(23)32)19-8-4-6-17(25)12-19/h3-8,11-13,27H,9-10,14-15H2,1-2H3. The van der Waals surface area contributed by atoms with Crippen molar-refractivity contribution in [1.29, 1.82) is 0 Å². The van der Waals surface area contributed by atoms with Gasteiger partial charge in [-0.3, -0.25) is 19.6 Å².